The van der Waals surface area contributed by atoms with Crippen molar-refractivity contribution in [3.05, 3.63) is 101 Å². The smallest absolute Gasteiger partial charge is 0.243 e. The molecule has 1 heterocycles. The zero-order chi connectivity index (χ0) is 22.7. The summed E-state index contributed by atoms with van der Waals surface area (Å²) in [7, 11) is -3.64. The number of sulfonamides is 1. The van der Waals surface area contributed by atoms with Crippen molar-refractivity contribution in [3.8, 4) is 0 Å². The molecule has 32 heavy (non-hydrogen) atoms. The Kier molecular flexibility index (Phi) is 6.50. The van der Waals surface area contributed by atoms with Crippen LogP contribution in [0.4, 0.5) is 4.39 Å². The van der Waals surface area contributed by atoms with Crippen LogP contribution in [0.25, 0.3) is 0 Å². The predicted octanol–water partition coefficient (Wildman–Crippen LogP) is 3.87. The van der Waals surface area contributed by atoms with E-state index in [1.165, 1.54) is 22.5 Å². The zero-order valence-corrected chi connectivity index (χ0v) is 18.7. The van der Waals surface area contributed by atoms with E-state index in [1.54, 1.807) is 49.4 Å². The van der Waals surface area contributed by atoms with Crippen LogP contribution in [0, 0.1) is 12.7 Å². The summed E-state index contributed by atoms with van der Waals surface area (Å²) in [6.45, 7) is 4.22. The van der Waals surface area contributed by atoms with Crippen molar-refractivity contribution in [1.82, 2.24) is 9.21 Å². The molecule has 7 heteroatoms. The van der Waals surface area contributed by atoms with E-state index in [0.29, 0.717) is 49.4 Å². The van der Waals surface area contributed by atoms with Crippen LogP contribution in [0.3, 0.4) is 0 Å². The second-order valence-corrected chi connectivity index (χ2v) is 9.86. The fraction of sp³-hybridized carbons (Fsp3) is 0.240. The third-order valence-corrected chi connectivity index (χ3v) is 7.81. The van der Waals surface area contributed by atoms with E-state index in [4.69, 9.17) is 0 Å². The number of rotatable bonds is 6. The average Bonchev–Trinajstić information content (AvgIpc) is 2.82. The topological polar surface area (TPSA) is 57.7 Å². The molecule has 0 bridgehead atoms. The molecule has 4 rings (SSSR count). The first-order valence-corrected chi connectivity index (χ1v) is 12.0. The minimum absolute atomic E-state index is 0.143. The summed E-state index contributed by atoms with van der Waals surface area (Å²) in [5, 5.41) is 0. The summed E-state index contributed by atoms with van der Waals surface area (Å²) in [6, 6.07) is 20.1. The van der Waals surface area contributed by atoms with Crippen molar-refractivity contribution in [1.29, 1.82) is 0 Å². The molecule has 0 N–H and O–H groups in total. The van der Waals surface area contributed by atoms with Gasteiger partial charge in [-0.05, 0) is 48.4 Å². The Hall–Kier alpha value is -2.87. The van der Waals surface area contributed by atoms with Gasteiger partial charge >= 0.3 is 0 Å². The van der Waals surface area contributed by atoms with Gasteiger partial charge in [0, 0.05) is 43.9 Å². The molecule has 0 spiro atoms. The monoisotopic (exact) mass is 452 g/mol. The van der Waals surface area contributed by atoms with E-state index in [-0.39, 0.29) is 16.5 Å². The standard InChI is InChI=1S/C25H25FN2O3S/c1-19-22(8-5-9-24(19)26)18-27-14-16-28(17-15-27)32(30,31)23-12-10-21(11-13-23)25(29)20-6-3-2-4-7-20/h2-13H,14-18H2,1H3. The lowest BCUT2D eigenvalue weighted by atomic mass is 10.0. The molecule has 0 aliphatic carbocycles. The van der Waals surface area contributed by atoms with Gasteiger partial charge < -0.3 is 0 Å². The summed E-state index contributed by atoms with van der Waals surface area (Å²) < 4.78 is 41.4. The Morgan fingerprint density at radius 1 is 0.844 bits per heavy atom. The van der Waals surface area contributed by atoms with Crippen LogP contribution >= 0.6 is 0 Å². The molecular weight excluding hydrogens is 427 g/mol. The fourth-order valence-electron chi connectivity index (χ4n) is 3.88. The van der Waals surface area contributed by atoms with Crippen LogP contribution in [0.1, 0.15) is 27.0 Å². The first-order chi connectivity index (χ1) is 15.4. The molecule has 3 aromatic carbocycles. The normalized spacial score (nSPS) is 15.6. The number of carbonyl (C=O) groups excluding carboxylic acids is 1. The van der Waals surface area contributed by atoms with Gasteiger partial charge in [-0.15, -0.1) is 0 Å². The minimum Gasteiger partial charge on any atom is -0.296 e. The first-order valence-electron chi connectivity index (χ1n) is 10.5. The number of hydrogen-bond donors (Lipinski definition) is 0. The number of halogens is 1. The highest BCUT2D eigenvalue weighted by Gasteiger charge is 2.28. The minimum atomic E-state index is -3.64. The number of carbonyl (C=O) groups is 1. The first kappa shape index (κ1) is 22.3. The number of hydrogen-bond acceptors (Lipinski definition) is 4. The summed E-state index contributed by atoms with van der Waals surface area (Å²) in [5.74, 6) is -0.367. The Balaban J connectivity index is 1.41. The van der Waals surface area contributed by atoms with Crippen molar-refractivity contribution < 1.29 is 17.6 Å². The van der Waals surface area contributed by atoms with Crippen molar-refractivity contribution in [2.45, 2.75) is 18.4 Å². The number of nitrogens with zero attached hydrogens (tertiary/aromatic N) is 2. The highest BCUT2D eigenvalue weighted by Crippen LogP contribution is 2.21. The van der Waals surface area contributed by atoms with Crippen LogP contribution in [0.15, 0.2) is 77.7 Å². The Morgan fingerprint density at radius 2 is 1.47 bits per heavy atom. The quantitative estimate of drug-likeness (QED) is 0.533. The van der Waals surface area contributed by atoms with Gasteiger partial charge in [0.15, 0.2) is 5.78 Å². The summed E-state index contributed by atoms with van der Waals surface area (Å²) in [4.78, 5) is 14.9. The molecule has 5 nitrogen and oxygen atoms in total. The van der Waals surface area contributed by atoms with Crippen LogP contribution in [0.2, 0.25) is 0 Å². The third kappa shape index (κ3) is 4.65. The predicted molar refractivity (Wildman–Crippen MR) is 121 cm³/mol. The SMILES string of the molecule is Cc1c(F)cccc1CN1CCN(S(=O)(=O)c2ccc(C(=O)c3ccccc3)cc2)CC1. The highest BCUT2D eigenvalue weighted by atomic mass is 32.2. The van der Waals surface area contributed by atoms with Gasteiger partial charge in [-0.1, -0.05) is 42.5 Å². The van der Waals surface area contributed by atoms with Gasteiger partial charge in [-0.25, -0.2) is 12.8 Å². The largest absolute Gasteiger partial charge is 0.296 e. The second-order valence-electron chi connectivity index (χ2n) is 7.92. The highest BCUT2D eigenvalue weighted by molar-refractivity contribution is 7.89. The van der Waals surface area contributed by atoms with Gasteiger partial charge in [0.05, 0.1) is 4.90 Å². The molecule has 0 amide bonds. The molecule has 0 unspecified atom stereocenters. The molecule has 0 atom stereocenters. The molecule has 0 radical (unpaired) electrons. The van der Waals surface area contributed by atoms with E-state index in [9.17, 15) is 17.6 Å². The average molecular weight is 453 g/mol. The zero-order valence-electron chi connectivity index (χ0n) is 17.9. The van der Waals surface area contributed by atoms with E-state index < -0.39 is 10.0 Å². The van der Waals surface area contributed by atoms with Crippen LogP contribution in [-0.4, -0.2) is 49.6 Å². The van der Waals surface area contributed by atoms with Crippen molar-refractivity contribution >= 4 is 15.8 Å². The van der Waals surface area contributed by atoms with E-state index >= 15 is 0 Å². The maximum atomic E-state index is 13.8. The van der Waals surface area contributed by atoms with Gasteiger partial charge in [0.1, 0.15) is 5.82 Å². The van der Waals surface area contributed by atoms with Crippen LogP contribution in [0.5, 0.6) is 0 Å². The molecule has 3 aromatic rings. The van der Waals surface area contributed by atoms with Crippen LogP contribution in [-0.2, 0) is 16.6 Å². The van der Waals surface area contributed by atoms with E-state index in [1.807, 2.05) is 12.1 Å². The van der Waals surface area contributed by atoms with Crippen LogP contribution < -0.4 is 0 Å². The van der Waals surface area contributed by atoms with Crippen molar-refractivity contribution in [3.63, 3.8) is 0 Å². The maximum absolute atomic E-state index is 13.8. The van der Waals surface area contributed by atoms with Crippen molar-refractivity contribution in [2.24, 2.45) is 0 Å². The Morgan fingerprint density at radius 3 is 2.12 bits per heavy atom. The fourth-order valence-corrected chi connectivity index (χ4v) is 5.30. The van der Waals surface area contributed by atoms with Gasteiger partial charge in [0.2, 0.25) is 10.0 Å². The molecular formula is C25H25FN2O3S. The van der Waals surface area contributed by atoms with E-state index in [0.717, 1.165) is 5.56 Å². The molecule has 0 saturated carbocycles. The number of piperazine rings is 1. The third-order valence-electron chi connectivity index (χ3n) is 5.90. The number of benzene rings is 3. The van der Waals surface area contributed by atoms with Gasteiger partial charge in [-0.3, -0.25) is 9.69 Å². The molecule has 166 valence electrons. The second kappa shape index (κ2) is 9.32. The Labute approximate surface area is 188 Å². The maximum Gasteiger partial charge on any atom is 0.243 e. The van der Waals surface area contributed by atoms with Gasteiger partial charge in [0.25, 0.3) is 0 Å². The number of ketones is 1. The Bertz CT molecular complexity index is 1200. The lowest BCUT2D eigenvalue weighted by Crippen LogP contribution is -2.48. The van der Waals surface area contributed by atoms with Gasteiger partial charge in [-0.2, -0.15) is 4.31 Å². The molecule has 1 saturated heterocycles. The van der Waals surface area contributed by atoms with Crippen molar-refractivity contribution in [2.75, 3.05) is 26.2 Å². The summed E-state index contributed by atoms with van der Waals surface area (Å²) in [6.07, 6.45) is 0. The lowest BCUT2D eigenvalue weighted by molar-refractivity contribution is 0.103. The lowest BCUT2D eigenvalue weighted by Gasteiger charge is -2.34. The molecule has 1 fully saturated rings. The molecule has 1 aliphatic heterocycles. The summed E-state index contributed by atoms with van der Waals surface area (Å²) >= 11 is 0. The molecule has 1 aliphatic rings. The molecule has 0 aromatic heterocycles. The van der Waals surface area contributed by atoms with E-state index in [2.05, 4.69) is 4.90 Å². The summed E-state index contributed by atoms with van der Waals surface area (Å²) in [5.41, 5.74) is 2.56.